The van der Waals surface area contributed by atoms with Crippen molar-refractivity contribution in [3.05, 3.63) is 51.5 Å². The van der Waals surface area contributed by atoms with Crippen molar-refractivity contribution in [2.45, 2.75) is 0 Å². The Kier molecular flexibility index (Phi) is 2.28. The molecule has 3 aromatic rings. The van der Waals surface area contributed by atoms with Crippen LogP contribution in [0.5, 0.6) is 0 Å². The first-order valence-corrected chi connectivity index (χ1v) is 6.11. The summed E-state index contributed by atoms with van der Waals surface area (Å²) in [6.07, 6.45) is 0. The number of nitro groups is 1. The van der Waals surface area contributed by atoms with Gasteiger partial charge in [-0.3, -0.25) is 10.1 Å². The quantitative estimate of drug-likeness (QED) is 0.475. The van der Waals surface area contributed by atoms with Gasteiger partial charge in [-0.1, -0.05) is 23.7 Å². The predicted octanol–water partition coefficient (Wildman–Crippen LogP) is 4.62. The third-order valence-corrected chi connectivity index (χ3v) is 4.29. The van der Waals surface area contributed by atoms with Crippen molar-refractivity contribution in [2.75, 3.05) is 0 Å². The fourth-order valence-corrected chi connectivity index (χ4v) is 3.24. The van der Waals surface area contributed by atoms with E-state index < -0.39 is 0 Å². The van der Waals surface area contributed by atoms with E-state index in [-0.39, 0.29) is 10.6 Å². The van der Waals surface area contributed by atoms with Crippen molar-refractivity contribution in [1.82, 2.24) is 0 Å². The molecule has 1 heterocycles. The van der Waals surface area contributed by atoms with E-state index in [2.05, 4.69) is 0 Å². The summed E-state index contributed by atoms with van der Waals surface area (Å²) >= 11 is 7.66. The number of hydrogen-bond donors (Lipinski definition) is 0. The van der Waals surface area contributed by atoms with Gasteiger partial charge in [-0.15, -0.1) is 11.3 Å². The second kappa shape index (κ2) is 3.68. The van der Waals surface area contributed by atoms with Gasteiger partial charge < -0.3 is 0 Å². The Bertz CT molecular complexity index is 751. The van der Waals surface area contributed by atoms with Gasteiger partial charge >= 0.3 is 0 Å². The van der Waals surface area contributed by atoms with Crippen LogP contribution in [0.2, 0.25) is 5.02 Å². The van der Waals surface area contributed by atoms with Crippen LogP contribution in [0.3, 0.4) is 0 Å². The van der Waals surface area contributed by atoms with Crippen LogP contribution >= 0.6 is 22.9 Å². The van der Waals surface area contributed by atoms with Gasteiger partial charge in [0.15, 0.2) is 0 Å². The number of nitro benzene ring substituents is 1. The molecule has 0 amide bonds. The summed E-state index contributed by atoms with van der Waals surface area (Å²) in [6, 6.07) is 10.5. The van der Waals surface area contributed by atoms with Crippen LogP contribution in [-0.4, -0.2) is 4.92 Å². The fraction of sp³-hybridized carbons (Fsp3) is 0. The van der Waals surface area contributed by atoms with Crippen LogP contribution in [0.1, 0.15) is 0 Å². The number of hydrogen-bond acceptors (Lipinski definition) is 3. The number of non-ortho nitro benzene ring substituents is 1. The van der Waals surface area contributed by atoms with E-state index >= 15 is 0 Å². The molecule has 0 atom stereocenters. The van der Waals surface area contributed by atoms with Gasteiger partial charge in [0.25, 0.3) is 5.69 Å². The summed E-state index contributed by atoms with van der Waals surface area (Å²) in [5.41, 5.74) is 0.108. The van der Waals surface area contributed by atoms with Crippen LogP contribution in [0, 0.1) is 10.1 Å². The first-order chi connectivity index (χ1) is 8.16. The Balaban J connectivity index is 2.46. The summed E-state index contributed by atoms with van der Waals surface area (Å²) in [5.74, 6) is 0. The topological polar surface area (TPSA) is 43.1 Å². The average Bonchev–Trinajstić information content (AvgIpc) is 2.68. The zero-order chi connectivity index (χ0) is 12.0. The second-order valence-corrected chi connectivity index (χ2v) is 5.12. The molecule has 0 radical (unpaired) electrons. The van der Waals surface area contributed by atoms with Gasteiger partial charge in [-0.2, -0.15) is 0 Å². The van der Waals surface area contributed by atoms with Crippen LogP contribution in [0.15, 0.2) is 36.4 Å². The number of benzene rings is 2. The molecule has 0 fully saturated rings. The molecule has 0 bridgehead atoms. The molecule has 1 aromatic heterocycles. The minimum atomic E-state index is -0.381. The van der Waals surface area contributed by atoms with E-state index in [0.717, 1.165) is 20.2 Å². The van der Waals surface area contributed by atoms with Crippen molar-refractivity contribution in [1.29, 1.82) is 0 Å². The Morgan fingerprint density at radius 1 is 1.18 bits per heavy atom. The molecular weight excluding hydrogens is 258 g/mol. The normalized spacial score (nSPS) is 11.1. The lowest BCUT2D eigenvalue weighted by molar-refractivity contribution is -0.384. The molecule has 0 N–H and O–H groups in total. The summed E-state index contributed by atoms with van der Waals surface area (Å²) in [6.45, 7) is 0. The molecule has 0 spiro atoms. The van der Waals surface area contributed by atoms with E-state index in [9.17, 15) is 10.1 Å². The molecule has 0 aliphatic carbocycles. The molecule has 3 rings (SSSR count). The number of rotatable bonds is 1. The Morgan fingerprint density at radius 3 is 2.76 bits per heavy atom. The van der Waals surface area contributed by atoms with Gasteiger partial charge in [0.2, 0.25) is 0 Å². The maximum absolute atomic E-state index is 10.8. The minimum Gasteiger partial charge on any atom is -0.258 e. The molecule has 2 aromatic carbocycles. The smallest absolute Gasteiger partial charge is 0.258 e. The third-order valence-electron chi connectivity index (χ3n) is 2.64. The lowest BCUT2D eigenvalue weighted by Gasteiger charge is -1.93. The zero-order valence-corrected chi connectivity index (χ0v) is 10.1. The SMILES string of the molecule is O=[N+]([O-])c1ccc2sc3c(Cl)cccc3c2c1. The minimum absolute atomic E-state index is 0.108. The molecular formula is C12H6ClNO2S. The molecule has 5 heteroatoms. The summed E-state index contributed by atoms with van der Waals surface area (Å²) in [7, 11) is 0. The summed E-state index contributed by atoms with van der Waals surface area (Å²) in [4.78, 5) is 10.4. The molecule has 0 unspecified atom stereocenters. The maximum Gasteiger partial charge on any atom is 0.270 e. The molecule has 3 nitrogen and oxygen atoms in total. The number of fused-ring (bicyclic) bond motifs is 3. The first kappa shape index (κ1) is 10.5. The maximum atomic E-state index is 10.8. The third kappa shape index (κ3) is 1.57. The fourth-order valence-electron chi connectivity index (χ4n) is 1.87. The lowest BCUT2D eigenvalue weighted by Crippen LogP contribution is -1.85. The van der Waals surface area contributed by atoms with Crippen molar-refractivity contribution in [3.8, 4) is 0 Å². The molecule has 17 heavy (non-hydrogen) atoms. The van der Waals surface area contributed by atoms with E-state index in [4.69, 9.17) is 11.6 Å². The summed E-state index contributed by atoms with van der Waals surface area (Å²) in [5, 5.41) is 13.3. The number of halogens is 1. The Hall–Kier alpha value is -1.65. The largest absolute Gasteiger partial charge is 0.270 e. The Labute approximate surface area is 105 Å². The van der Waals surface area contributed by atoms with Crippen molar-refractivity contribution < 1.29 is 4.92 Å². The summed E-state index contributed by atoms with van der Waals surface area (Å²) < 4.78 is 1.99. The van der Waals surface area contributed by atoms with Gasteiger partial charge in [-0.05, 0) is 12.1 Å². The standard InChI is InChI=1S/C12H6ClNO2S/c13-10-3-1-2-8-9-6-7(14(15)16)4-5-11(9)17-12(8)10/h1-6H. The number of thiophene rings is 1. The first-order valence-electron chi connectivity index (χ1n) is 4.92. The van der Waals surface area contributed by atoms with Crippen LogP contribution < -0.4 is 0 Å². The van der Waals surface area contributed by atoms with Crippen LogP contribution in [-0.2, 0) is 0 Å². The van der Waals surface area contributed by atoms with Crippen molar-refractivity contribution >= 4 is 48.8 Å². The van der Waals surface area contributed by atoms with Crippen LogP contribution in [0.4, 0.5) is 5.69 Å². The van der Waals surface area contributed by atoms with Gasteiger partial charge in [0.05, 0.1) is 14.6 Å². The highest BCUT2D eigenvalue weighted by Crippen LogP contribution is 2.38. The van der Waals surface area contributed by atoms with E-state index in [1.54, 1.807) is 23.5 Å². The monoisotopic (exact) mass is 263 g/mol. The second-order valence-electron chi connectivity index (χ2n) is 3.66. The molecule has 0 aliphatic rings. The Morgan fingerprint density at radius 2 is 2.00 bits per heavy atom. The predicted molar refractivity (Wildman–Crippen MR) is 71.0 cm³/mol. The highest BCUT2D eigenvalue weighted by atomic mass is 35.5. The van der Waals surface area contributed by atoms with Gasteiger partial charge in [-0.25, -0.2) is 0 Å². The molecule has 0 saturated carbocycles. The van der Waals surface area contributed by atoms with Crippen molar-refractivity contribution in [2.24, 2.45) is 0 Å². The highest BCUT2D eigenvalue weighted by molar-refractivity contribution is 7.26. The van der Waals surface area contributed by atoms with Gasteiger partial charge in [0.1, 0.15) is 0 Å². The van der Waals surface area contributed by atoms with Crippen LogP contribution in [0.25, 0.3) is 20.2 Å². The van der Waals surface area contributed by atoms with E-state index in [1.165, 1.54) is 6.07 Å². The number of nitrogens with zero attached hydrogens (tertiary/aromatic N) is 1. The van der Waals surface area contributed by atoms with Gasteiger partial charge in [0, 0.05) is 27.6 Å². The zero-order valence-electron chi connectivity index (χ0n) is 8.51. The van der Waals surface area contributed by atoms with E-state index in [0.29, 0.717) is 5.02 Å². The van der Waals surface area contributed by atoms with Crippen molar-refractivity contribution in [3.63, 3.8) is 0 Å². The van der Waals surface area contributed by atoms with E-state index in [1.807, 2.05) is 18.2 Å². The lowest BCUT2D eigenvalue weighted by atomic mass is 10.1. The molecule has 84 valence electrons. The molecule has 0 aliphatic heterocycles. The highest BCUT2D eigenvalue weighted by Gasteiger charge is 2.12. The molecule has 0 saturated heterocycles. The average molecular weight is 264 g/mol.